The first-order valence-electron chi connectivity index (χ1n) is 4.64. The highest BCUT2D eigenvalue weighted by Gasteiger charge is 1.97. The quantitative estimate of drug-likeness (QED) is 0.832. The molecule has 7 heteroatoms. The number of azo groups is 1. The van der Waals surface area contributed by atoms with Gasteiger partial charge in [0.15, 0.2) is 5.69 Å². The first-order valence-corrected chi connectivity index (χ1v) is 5.44. The summed E-state index contributed by atoms with van der Waals surface area (Å²) in [5.41, 5.74) is -0.487. The van der Waals surface area contributed by atoms with E-state index in [4.69, 9.17) is 0 Å². The third-order valence-electron chi connectivity index (χ3n) is 1.90. The predicted octanol–water partition coefficient (Wildman–Crippen LogP) is 2.24. The molecule has 0 saturated carbocycles. The zero-order valence-electron chi connectivity index (χ0n) is 8.48. The number of aromatic nitrogens is 2. The van der Waals surface area contributed by atoms with Crippen molar-refractivity contribution in [2.45, 2.75) is 0 Å². The fourth-order valence-corrected chi connectivity index (χ4v) is 1.36. The molecule has 0 amide bonds. The molecule has 0 fully saturated rings. The summed E-state index contributed by atoms with van der Waals surface area (Å²) in [6.45, 7) is 0. The van der Waals surface area contributed by atoms with E-state index in [0.29, 0.717) is 5.69 Å². The number of halogens is 1. The number of hydrogen-bond acceptors (Lipinski definition) is 4. The molecule has 0 unspecified atom stereocenters. The van der Waals surface area contributed by atoms with E-state index >= 15 is 0 Å². The summed E-state index contributed by atoms with van der Waals surface area (Å²) >= 11 is 3.29. The van der Waals surface area contributed by atoms with Crippen LogP contribution in [-0.2, 0) is 0 Å². The molecule has 2 aromatic rings. The minimum absolute atomic E-state index is 0.0486. The third-order valence-corrected chi connectivity index (χ3v) is 2.43. The van der Waals surface area contributed by atoms with Crippen LogP contribution in [0, 0.1) is 0 Å². The maximum atomic E-state index is 11.3. The van der Waals surface area contributed by atoms with Crippen molar-refractivity contribution >= 4 is 27.3 Å². The highest BCUT2D eigenvalue weighted by atomic mass is 79.9. The Bertz CT molecular complexity index is 657. The van der Waals surface area contributed by atoms with Gasteiger partial charge >= 0.3 is 5.69 Å². The molecule has 1 aromatic carbocycles. The lowest BCUT2D eigenvalue weighted by atomic mass is 10.3. The van der Waals surface area contributed by atoms with Crippen LogP contribution >= 0.6 is 15.9 Å². The summed E-state index contributed by atoms with van der Waals surface area (Å²) in [4.78, 5) is 26.4. The van der Waals surface area contributed by atoms with Gasteiger partial charge in [0.25, 0.3) is 5.56 Å². The van der Waals surface area contributed by atoms with Crippen molar-refractivity contribution in [1.29, 1.82) is 0 Å². The Balaban J connectivity index is 2.29. The van der Waals surface area contributed by atoms with Crippen LogP contribution in [0.15, 0.2) is 54.8 Å². The van der Waals surface area contributed by atoms with Gasteiger partial charge in [-0.1, -0.05) is 15.9 Å². The largest absolute Gasteiger partial charge is 0.325 e. The van der Waals surface area contributed by atoms with Crippen LogP contribution in [0.25, 0.3) is 0 Å². The average molecular weight is 295 g/mol. The molecular formula is C10H7BrN4O2. The van der Waals surface area contributed by atoms with Crippen LogP contribution in [-0.4, -0.2) is 9.97 Å². The third kappa shape index (κ3) is 2.97. The Kier molecular flexibility index (Phi) is 3.29. The number of nitrogens with one attached hydrogen (secondary N) is 2. The topological polar surface area (TPSA) is 90.4 Å². The summed E-state index contributed by atoms with van der Waals surface area (Å²) < 4.78 is 0.929. The van der Waals surface area contributed by atoms with Gasteiger partial charge in [0, 0.05) is 10.7 Å². The minimum Gasteiger partial charge on any atom is -0.312 e. The SMILES string of the molecule is O=c1[nH]cc(N=Nc2ccc(Br)cc2)c(=O)[nH]1. The van der Waals surface area contributed by atoms with E-state index in [1.54, 1.807) is 12.1 Å². The van der Waals surface area contributed by atoms with Crippen molar-refractivity contribution in [3.63, 3.8) is 0 Å². The summed E-state index contributed by atoms with van der Waals surface area (Å²) in [5.74, 6) is 0. The van der Waals surface area contributed by atoms with Gasteiger partial charge in [-0.25, -0.2) is 4.79 Å². The monoisotopic (exact) mass is 294 g/mol. The van der Waals surface area contributed by atoms with Crippen molar-refractivity contribution in [3.05, 3.63) is 55.8 Å². The second kappa shape index (κ2) is 4.88. The van der Waals surface area contributed by atoms with Crippen molar-refractivity contribution in [1.82, 2.24) is 9.97 Å². The van der Waals surface area contributed by atoms with Gasteiger partial charge in [-0.3, -0.25) is 9.78 Å². The summed E-state index contributed by atoms with van der Waals surface area (Å²) in [7, 11) is 0. The molecule has 0 aliphatic carbocycles. The molecule has 1 aromatic heterocycles. The lowest BCUT2D eigenvalue weighted by Gasteiger charge is -1.92. The highest BCUT2D eigenvalue weighted by Crippen LogP contribution is 2.18. The molecule has 1 heterocycles. The molecule has 2 rings (SSSR count). The molecule has 0 atom stereocenters. The lowest BCUT2D eigenvalue weighted by Crippen LogP contribution is -2.20. The van der Waals surface area contributed by atoms with Gasteiger partial charge in [0.1, 0.15) is 0 Å². The van der Waals surface area contributed by atoms with Crippen LogP contribution in [0.4, 0.5) is 11.4 Å². The first-order chi connectivity index (χ1) is 8.15. The van der Waals surface area contributed by atoms with E-state index in [0.717, 1.165) is 4.47 Å². The van der Waals surface area contributed by atoms with E-state index < -0.39 is 11.2 Å². The zero-order chi connectivity index (χ0) is 12.3. The van der Waals surface area contributed by atoms with Crippen molar-refractivity contribution in [2.24, 2.45) is 10.2 Å². The molecule has 0 aliphatic heterocycles. The van der Waals surface area contributed by atoms with Crippen molar-refractivity contribution in [2.75, 3.05) is 0 Å². The molecule has 0 spiro atoms. The Morgan fingerprint density at radius 1 is 1.06 bits per heavy atom. The molecule has 0 radical (unpaired) electrons. The number of aromatic amines is 2. The summed E-state index contributed by atoms with van der Waals surface area (Å²) in [6.07, 6.45) is 1.21. The number of benzene rings is 1. The van der Waals surface area contributed by atoms with Gasteiger partial charge in [0.05, 0.1) is 5.69 Å². The number of nitrogens with zero attached hydrogens (tertiary/aromatic N) is 2. The Hall–Kier alpha value is -2.02. The maximum Gasteiger partial charge on any atom is 0.325 e. The molecule has 86 valence electrons. The Morgan fingerprint density at radius 2 is 1.76 bits per heavy atom. The fourth-order valence-electron chi connectivity index (χ4n) is 1.10. The van der Waals surface area contributed by atoms with Crippen LogP contribution in [0.1, 0.15) is 0 Å². The van der Waals surface area contributed by atoms with Crippen LogP contribution in [0.5, 0.6) is 0 Å². The smallest absolute Gasteiger partial charge is 0.312 e. The second-order valence-electron chi connectivity index (χ2n) is 3.13. The molecule has 0 aliphatic rings. The van der Waals surface area contributed by atoms with E-state index in [1.807, 2.05) is 12.1 Å². The standard InChI is InChI=1S/C10H7BrN4O2/c11-6-1-3-7(4-2-6)14-15-8-5-12-10(17)13-9(8)16/h1-5H,(H2,12,13,16,17). The lowest BCUT2D eigenvalue weighted by molar-refractivity contribution is 1.02. The van der Waals surface area contributed by atoms with E-state index in [-0.39, 0.29) is 5.69 Å². The number of H-pyrrole nitrogens is 2. The van der Waals surface area contributed by atoms with Gasteiger partial charge in [-0.15, -0.1) is 5.11 Å². The molecule has 17 heavy (non-hydrogen) atoms. The van der Waals surface area contributed by atoms with E-state index in [9.17, 15) is 9.59 Å². The van der Waals surface area contributed by atoms with Gasteiger partial charge in [0.2, 0.25) is 0 Å². The highest BCUT2D eigenvalue weighted by molar-refractivity contribution is 9.10. The van der Waals surface area contributed by atoms with Crippen LogP contribution in [0.2, 0.25) is 0 Å². The Labute approximate surface area is 104 Å². The average Bonchev–Trinajstić information content (AvgIpc) is 2.30. The molecule has 0 saturated heterocycles. The van der Waals surface area contributed by atoms with Crippen molar-refractivity contribution in [3.8, 4) is 0 Å². The van der Waals surface area contributed by atoms with Gasteiger partial charge in [-0.2, -0.15) is 5.11 Å². The number of rotatable bonds is 2. The van der Waals surface area contributed by atoms with Gasteiger partial charge in [-0.05, 0) is 24.3 Å². The van der Waals surface area contributed by atoms with Crippen LogP contribution in [0.3, 0.4) is 0 Å². The summed E-state index contributed by atoms with van der Waals surface area (Å²) in [6, 6.07) is 7.11. The molecule has 6 nitrogen and oxygen atoms in total. The van der Waals surface area contributed by atoms with Crippen molar-refractivity contribution < 1.29 is 0 Å². The normalized spacial score (nSPS) is 10.9. The second-order valence-corrected chi connectivity index (χ2v) is 4.05. The predicted molar refractivity (Wildman–Crippen MR) is 66.0 cm³/mol. The van der Waals surface area contributed by atoms with E-state index in [2.05, 4.69) is 36.1 Å². The zero-order valence-corrected chi connectivity index (χ0v) is 10.1. The molecule has 0 bridgehead atoms. The first kappa shape index (κ1) is 11.5. The minimum atomic E-state index is -0.574. The maximum absolute atomic E-state index is 11.3. The molecular weight excluding hydrogens is 288 g/mol. The van der Waals surface area contributed by atoms with Crippen LogP contribution < -0.4 is 11.2 Å². The fraction of sp³-hybridized carbons (Fsp3) is 0. The summed E-state index contributed by atoms with van der Waals surface area (Å²) in [5, 5.41) is 7.61. The Morgan fingerprint density at radius 3 is 2.41 bits per heavy atom. The van der Waals surface area contributed by atoms with Gasteiger partial charge < -0.3 is 4.98 Å². The van der Waals surface area contributed by atoms with E-state index in [1.165, 1.54) is 6.20 Å². The molecule has 2 N–H and O–H groups in total. The number of hydrogen-bond donors (Lipinski definition) is 2.